The van der Waals surface area contributed by atoms with Crippen LogP contribution in [0.3, 0.4) is 0 Å². The number of nitrogens with one attached hydrogen (secondary N) is 1. The molecule has 3 rings (SSSR count). The molecule has 1 fully saturated rings. The third-order valence-corrected chi connectivity index (χ3v) is 7.33. The Hall–Kier alpha value is -3.31. The molecule has 0 unspecified atom stereocenters. The minimum absolute atomic E-state index is 0.00245. The molecule has 0 bridgehead atoms. The summed E-state index contributed by atoms with van der Waals surface area (Å²) in [7, 11) is -3.64. The number of amides is 1. The van der Waals surface area contributed by atoms with E-state index in [9.17, 15) is 18.0 Å². The number of carbonyl (C=O) groups excluding carboxylic acids is 2. The van der Waals surface area contributed by atoms with Crippen LogP contribution < -0.4 is 19.7 Å². The quantitative estimate of drug-likeness (QED) is 0.274. The number of hydrogen-bond donors (Lipinski definition) is 1. The fourth-order valence-electron chi connectivity index (χ4n) is 3.78. The lowest BCUT2D eigenvalue weighted by atomic mass is 10.1. The van der Waals surface area contributed by atoms with Crippen LogP contribution in [0.25, 0.3) is 0 Å². The molecule has 10 nitrogen and oxygen atoms in total. The molecule has 1 amide bonds. The largest absolute Gasteiger partial charge is 0.491 e. The molecular weight excluding hydrogens is 486 g/mol. The predicted molar refractivity (Wildman–Crippen MR) is 135 cm³/mol. The van der Waals surface area contributed by atoms with Crippen molar-refractivity contribution in [1.29, 1.82) is 0 Å². The van der Waals surface area contributed by atoms with E-state index in [2.05, 4.69) is 10.1 Å². The van der Waals surface area contributed by atoms with Gasteiger partial charge in [-0.3, -0.25) is 9.59 Å². The maximum Gasteiger partial charge on any atom is 0.295 e. The Morgan fingerprint density at radius 1 is 1.03 bits per heavy atom. The third-order valence-electron chi connectivity index (χ3n) is 5.42. The summed E-state index contributed by atoms with van der Waals surface area (Å²) in [6, 6.07) is 11.5. The Morgan fingerprint density at radius 2 is 1.69 bits per heavy atom. The van der Waals surface area contributed by atoms with Crippen molar-refractivity contribution in [3.05, 3.63) is 48.0 Å². The summed E-state index contributed by atoms with van der Waals surface area (Å²) >= 11 is 0. The van der Waals surface area contributed by atoms with Gasteiger partial charge in [0.15, 0.2) is 0 Å². The summed E-state index contributed by atoms with van der Waals surface area (Å²) in [6.45, 7) is 8.96. The lowest BCUT2D eigenvalue weighted by Gasteiger charge is -2.35. The molecule has 1 aliphatic heterocycles. The van der Waals surface area contributed by atoms with Gasteiger partial charge < -0.3 is 24.4 Å². The molecule has 11 heteroatoms. The van der Waals surface area contributed by atoms with Crippen molar-refractivity contribution in [1.82, 2.24) is 9.62 Å². The highest BCUT2D eigenvalue weighted by molar-refractivity contribution is 7.89. The summed E-state index contributed by atoms with van der Waals surface area (Å²) in [6.07, 6.45) is 0.00245. The van der Waals surface area contributed by atoms with E-state index >= 15 is 0 Å². The molecular formula is C25H33N3O7S. The normalized spacial score (nSPS) is 14.6. The minimum atomic E-state index is -3.64. The summed E-state index contributed by atoms with van der Waals surface area (Å²) in [5.74, 6) is 0.584. The molecule has 196 valence electrons. The summed E-state index contributed by atoms with van der Waals surface area (Å²) < 4.78 is 43.5. The number of anilines is 1. The van der Waals surface area contributed by atoms with Gasteiger partial charge in [0.2, 0.25) is 16.8 Å². The van der Waals surface area contributed by atoms with Crippen LogP contribution in [0.1, 0.15) is 38.1 Å². The van der Waals surface area contributed by atoms with Gasteiger partial charge in [0.1, 0.15) is 11.5 Å². The van der Waals surface area contributed by atoms with Crippen LogP contribution in [0.4, 0.5) is 5.69 Å². The van der Waals surface area contributed by atoms with E-state index in [1.165, 1.54) is 4.31 Å². The standard InChI is InChI=1S/C25H33N3O7S/c1-18(2)26-25(30)23-10-5-20(15-24(23)34-17-33-16-29)27-11-13-28(14-12-27)36(31,32)22-8-6-21(7-9-22)35-19(3)4/h5-10,15-16,18-19H,11-14,17H2,1-4H3,(H,26,30). The topological polar surface area (TPSA) is 114 Å². The lowest BCUT2D eigenvalue weighted by molar-refractivity contribution is -0.134. The van der Waals surface area contributed by atoms with Gasteiger partial charge in [0, 0.05) is 44.0 Å². The Bertz CT molecular complexity index is 1140. The van der Waals surface area contributed by atoms with Gasteiger partial charge in [0.05, 0.1) is 16.6 Å². The molecule has 1 heterocycles. The summed E-state index contributed by atoms with van der Waals surface area (Å²) in [4.78, 5) is 25.3. The minimum Gasteiger partial charge on any atom is -0.491 e. The number of piperazine rings is 1. The Kier molecular flexibility index (Phi) is 9.16. The fraction of sp³-hybridized carbons (Fsp3) is 0.440. The molecule has 36 heavy (non-hydrogen) atoms. The highest BCUT2D eigenvalue weighted by Gasteiger charge is 2.29. The Balaban J connectivity index is 1.71. The first-order chi connectivity index (χ1) is 17.1. The van der Waals surface area contributed by atoms with Gasteiger partial charge >= 0.3 is 0 Å². The van der Waals surface area contributed by atoms with E-state index in [1.54, 1.807) is 42.5 Å². The fourth-order valence-corrected chi connectivity index (χ4v) is 5.20. The molecule has 1 N–H and O–H groups in total. The molecule has 2 aromatic carbocycles. The van der Waals surface area contributed by atoms with Crippen molar-refractivity contribution in [2.24, 2.45) is 0 Å². The summed E-state index contributed by atoms with van der Waals surface area (Å²) in [5.41, 5.74) is 1.08. The number of ether oxygens (including phenoxy) is 3. The average molecular weight is 520 g/mol. The zero-order chi connectivity index (χ0) is 26.3. The zero-order valence-electron chi connectivity index (χ0n) is 21.0. The van der Waals surface area contributed by atoms with Crippen molar-refractivity contribution in [3.63, 3.8) is 0 Å². The van der Waals surface area contributed by atoms with E-state index in [-0.39, 0.29) is 42.0 Å². The maximum absolute atomic E-state index is 13.1. The van der Waals surface area contributed by atoms with Crippen molar-refractivity contribution < 1.29 is 32.2 Å². The van der Waals surface area contributed by atoms with E-state index < -0.39 is 10.0 Å². The van der Waals surface area contributed by atoms with Crippen LogP contribution in [0.15, 0.2) is 47.4 Å². The molecule has 0 saturated carbocycles. The Morgan fingerprint density at radius 3 is 2.28 bits per heavy atom. The van der Waals surface area contributed by atoms with Crippen LogP contribution in [0.5, 0.6) is 11.5 Å². The average Bonchev–Trinajstić information content (AvgIpc) is 2.84. The summed E-state index contributed by atoms with van der Waals surface area (Å²) in [5, 5.41) is 2.82. The predicted octanol–water partition coefficient (Wildman–Crippen LogP) is 2.63. The van der Waals surface area contributed by atoms with Crippen molar-refractivity contribution in [3.8, 4) is 11.5 Å². The van der Waals surface area contributed by atoms with Gasteiger partial charge in [0.25, 0.3) is 12.4 Å². The second-order valence-corrected chi connectivity index (χ2v) is 10.8. The third kappa shape index (κ3) is 6.88. The SMILES string of the molecule is CC(C)NC(=O)c1ccc(N2CCN(S(=O)(=O)c3ccc(OC(C)C)cc3)CC2)cc1OCOC=O. The molecule has 1 aliphatic rings. The number of nitrogens with zero attached hydrogens (tertiary/aromatic N) is 2. The van der Waals surface area contributed by atoms with Gasteiger partial charge in [-0.1, -0.05) is 0 Å². The van der Waals surface area contributed by atoms with E-state index in [4.69, 9.17) is 9.47 Å². The van der Waals surface area contributed by atoms with Crippen molar-refractivity contribution in [2.45, 2.75) is 44.7 Å². The van der Waals surface area contributed by atoms with E-state index in [1.807, 2.05) is 32.6 Å². The van der Waals surface area contributed by atoms with Gasteiger partial charge in [-0.15, -0.1) is 0 Å². The smallest absolute Gasteiger partial charge is 0.295 e. The molecule has 0 aliphatic carbocycles. The highest BCUT2D eigenvalue weighted by atomic mass is 32.2. The first-order valence-electron chi connectivity index (χ1n) is 11.8. The van der Waals surface area contributed by atoms with Crippen LogP contribution in [-0.4, -0.2) is 70.2 Å². The molecule has 0 radical (unpaired) electrons. The Labute approximate surface area is 212 Å². The van der Waals surface area contributed by atoms with Gasteiger partial charge in [-0.2, -0.15) is 4.31 Å². The molecule has 1 saturated heterocycles. The van der Waals surface area contributed by atoms with E-state index in [0.29, 0.717) is 37.5 Å². The van der Waals surface area contributed by atoms with Crippen LogP contribution in [-0.2, 0) is 19.6 Å². The lowest BCUT2D eigenvalue weighted by Crippen LogP contribution is -2.48. The van der Waals surface area contributed by atoms with Crippen LogP contribution in [0.2, 0.25) is 0 Å². The number of benzene rings is 2. The van der Waals surface area contributed by atoms with Crippen molar-refractivity contribution in [2.75, 3.05) is 37.9 Å². The highest BCUT2D eigenvalue weighted by Crippen LogP contribution is 2.28. The molecule has 0 spiro atoms. The first-order valence-corrected chi connectivity index (χ1v) is 13.2. The molecule has 0 atom stereocenters. The first kappa shape index (κ1) is 27.3. The molecule has 2 aromatic rings. The van der Waals surface area contributed by atoms with E-state index in [0.717, 1.165) is 5.69 Å². The second-order valence-electron chi connectivity index (χ2n) is 8.86. The number of hydrogen-bond acceptors (Lipinski definition) is 8. The number of rotatable bonds is 11. The zero-order valence-corrected chi connectivity index (χ0v) is 21.8. The second kappa shape index (κ2) is 12.1. The number of sulfonamides is 1. The molecule has 0 aromatic heterocycles. The number of carbonyl (C=O) groups is 2. The monoisotopic (exact) mass is 519 g/mol. The van der Waals surface area contributed by atoms with Crippen molar-refractivity contribution >= 4 is 28.1 Å². The van der Waals surface area contributed by atoms with Gasteiger partial charge in [-0.25, -0.2) is 8.42 Å². The van der Waals surface area contributed by atoms with Crippen LogP contribution in [0, 0.1) is 0 Å². The van der Waals surface area contributed by atoms with Gasteiger partial charge in [-0.05, 0) is 64.1 Å². The maximum atomic E-state index is 13.1. The van der Waals surface area contributed by atoms with Crippen LogP contribution >= 0.6 is 0 Å².